The van der Waals surface area contributed by atoms with E-state index >= 15 is 0 Å². The molecule has 0 amide bonds. The number of thiazole rings is 1. The highest BCUT2D eigenvalue weighted by Gasteiger charge is 2.18. The number of benzene rings is 8. The maximum absolute atomic E-state index is 5.10. The Morgan fingerprint density at radius 3 is 1.80 bits per heavy atom. The molecule has 3 heteroatoms. The average Bonchev–Trinajstić information content (AvgIpc) is 3.57. The number of nitrogens with zero attached hydrogens (tertiary/aromatic N) is 2. The molecule has 0 spiro atoms. The number of fused-ring (bicyclic) bond motifs is 6. The van der Waals surface area contributed by atoms with Crippen molar-refractivity contribution in [2.45, 2.75) is 0 Å². The predicted octanol–water partition coefficient (Wildman–Crippen LogP) is 12.6. The van der Waals surface area contributed by atoms with Gasteiger partial charge in [0.25, 0.3) is 0 Å². The third kappa shape index (κ3) is 4.52. The third-order valence-corrected chi connectivity index (χ3v) is 9.96. The van der Waals surface area contributed by atoms with Gasteiger partial charge < -0.3 is 4.90 Å². The van der Waals surface area contributed by atoms with Gasteiger partial charge in [0.15, 0.2) is 0 Å². The smallest absolute Gasteiger partial charge is 0.124 e. The van der Waals surface area contributed by atoms with Crippen LogP contribution in [0.1, 0.15) is 0 Å². The van der Waals surface area contributed by atoms with Crippen molar-refractivity contribution in [1.82, 2.24) is 4.98 Å². The third-order valence-electron chi connectivity index (χ3n) is 8.82. The fraction of sp³-hybridized carbons (Fsp3) is 0. The lowest BCUT2D eigenvalue weighted by molar-refractivity contribution is 1.29. The minimum atomic E-state index is 1.04. The molecule has 2 nitrogen and oxygen atoms in total. The zero-order valence-electron chi connectivity index (χ0n) is 25.0. The molecule has 0 aliphatic heterocycles. The lowest BCUT2D eigenvalue weighted by Gasteiger charge is -2.26. The molecule has 0 saturated carbocycles. The van der Waals surface area contributed by atoms with Crippen molar-refractivity contribution in [3.05, 3.63) is 170 Å². The molecule has 0 fully saturated rings. The molecule has 0 atom stereocenters. The molecule has 0 unspecified atom stereocenters. The lowest BCUT2D eigenvalue weighted by Crippen LogP contribution is -2.09. The van der Waals surface area contributed by atoms with Crippen molar-refractivity contribution < 1.29 is 0 Å². The topological polar surface area (TPSA) is 16.1 Å². The standard InChI is InChI=1S/C43H28N2S/c1-4-13-30(14-5-1)39-28-33-27-36(45(34-18-8-3-9-19-34)35-21-20-29-12-10-11-17-32(29)26-35)22-23-37(33)41-38(39)24-25-40-42(41)46-43(44-40)31-15-6-2-7-16-31/h1-28H. The molecule has 46 heavy (non-hydrogen) atoms. The number of aromatic nitrogens is 1. The van der Waals surface area contributed by atoms with Crippen LogP contribution < -0.4 is 4.90 Å². The van der Waals surface area contributed by atoms with Crippen LogP contribution in [0.2, 0.25) is 0 Å². The van der Waals surface area contributed by atoms with Crippen LogP contribution in [-0.4, -0.2) is 4.98 Å². The molecule has 0 aliphatic rings. The van der Waals surface area contributed by atoms with E-state index in [1.807, 2.05) is 0 Å². The number of hydrogen-bond acceptors (Lipinski definition) is 3. The van der Waals surface area contributed by atoms with E-state index in [4.69, 9.17) is 4.98 Å². The predicted molar refractivity (Wildman–Crippen MR) is 198 cm³/mol. The van der Waals surface area contributed by atoms with Crippen molar-refractivity contribution in [2.75, 3.05) is 4.90 Å². The molecule has 0 radical (unpaired) electrons. The van der Waals surface area contributed by atoms with Crippen molar-refractivity contribution in [3.8, 4) is 21.7 Å². The zero-order chi connectivity index (χ0) is 30.5. The Morgan fingerprint density at radius 2 is 1.04 bits per heavy atom. The van der Waals surface area contributed by atoms with Crippen LogP contribution in [0.3, 0.4) is 0 Å². The van der Waals surface area contributed by atoms with E-state index in [-0.39, 0.29) is 0 Å². The zero-order valence-corrected chi connectivity index (χ0v) is 25.8. The van der Waals surface area contributed by atoms with E-state index in [0.717, 1.165) is 33.1 Å². The van der Waals surface area contributed by atoms with E-state index in [0.29, 0.717) is 0 Å². The highest BCUT2D eigenvalue weighted by atomic mass is 32.1. The van der Waals surface area contributed by atoms with Gasteiger partial charge in [-0.2, -0.15) is 0 Å². The van der Waals surface area contributed by atoms with E-state index < -0.39 is 0 Å². The van der Waals surface area contributed by atoms with Gasteiger partial charge in [0, 0.05) is 28.0 Å². The highest BCUT2D eigenvalue weighted by molar-refractivity contribution is 7.22. The summed E-state index contributed by atoms with van der Waals surface area (Å²) in [6.07, 6.45) is 0. The maximum atomic E-state index is 5.10. The number of hydrogen-bond donors (Lipinski definition) is 0. The van der Waals surface area contributed by atoms with Crippen molar-refractivity contribution in [2.24, 2.45) is 0 Å². The Labute approximate surface area is 271 Å². The summed E-state index contributed by atoms with van der Waals surface area (Å²) < 4.78 is 1.22. The van der Waals surface area contributed by atoms with Crippen molar-refractivity contribution in [3.63, 3.8) is 0 Å². The summed E-state index contributed by atoms with van der Waals surface area (Å²) in [4.78, 5) is 7.46. The van der Waals surface area contributed by atoms with Gasteiger partial charge in [0.2, 0.25) is 0 Å². The molecule has 216 valence electrons. The Morgan fingerprint density at radius 1 is 0.435 bits per heavy atom. The summed E-state index contributed by atoms with van der Waals surface area (Å²) >= 11 is 1.78. The van der Waals surface area contributed by atoms with Crippen molar-refractivity contribution >= 4 is 70.9 Å². The monoisotopic (exact) mass is 604 g/mol. The quantitative estimate of drug-likeness (QED) is 0.182. The lowest BCUT2D eigenvalue weighted by atomic mass is 9.92. The molecule has 9 aromatic rings. The number of anilines is 3. The van der Waals surface area contributed by atoms with Crippen LogP contribution in [0.25, 0.3) is 64.2 Å². The number of rotatable bonds is 5. The van der Waals surface area contributed by atoms with Crippen LogP contribution in [0.4, 0.5) is 17.1 Å². The first-order valence-corrected chi connectivity index (χ1v) is 16.4. The van der Waals surface area contributed by atoms with Crippen LogP contribution >= 0.6 is 11.3 Å². The van der Waals surface area contributed by atoms with Gasteiger partial charge in [-0.25, -0.2) is 4.98 Å². The van der Waals surface area contributed by atoms with Gasteiger partial charge in [-0.05, 0) is 86.6 Å². The molecule has 8 aromatic carbocycles. The van der Waals surface area contributed by atoms with E-state index in [1.54, 1.807) is 11.3 Å². The van der Waals surface area contributed by atoms with E-state index in [2.05, 4.69) is 175 Å². The second-order valence-electron chi connectivity index (χ2n) is 11.6. The SMILES string of the molecule is c1ccc(-c2nc3ccc4c(-c5ccccc5)cc5cc(N(c6ccccc6)c6ccc7ccccc7c6)ccc5c4c3s2)cc1. The molecule has 1 heterocycles. The van der Waals surface area contributed by atoms with Gasteiger partial charge in [0.1, 0.15) is 5.01 Å². The van der Waals surface area contributed by atoms with Crippen LogP contribution in [0, 0.1) is 0 Å². The summed E-state index contributed by atoms with van der Waals surface area (Å²) in [6.45, 7) is 0. The van der Waals surface area contributed by atoms with Crippen LogP contribution in [0.5, 0.6) is 0 Å². The molecule has 0 bridgehead atoms. The Bertz CT molecular complexity index is 2520. The first-order chi connectivity index (χ1) is 22.8. The van der Waals surface area contributed by atoms with Crippen LogP contribution in [-0.2, 0) is 0 Å². The largest absolute Gasteiger partial charge is 0.310 e. The Balaban J connectivity index is 1.32. The van der Waals surface area contributed by atoms with Gasteiger partial charge in [-0.15, -0.1) is 11.3 Å². The Kier molecular flexibility index (Phi) is 6.36. The minimum Gasteiger partial charge on any atom is -0.310 e. The molecular weight excluding hydrogens is 577 g/mol. The summed E-state index contributed by atoms with van der Waals surface area (Å²) in [7, 11) is 0. The normalized spacial score (nSPS) is 11.5. The first-order valence-electron chi connectivity index (χ1n) is 15.5. The van der Waals surface area contributed by atoms with Gasteiger partial charge in [-0.1, -0.05) is 121 Å². The average molecular weight is 605 g/mol. The van der Waals surface area contributed by atoms with Gasteiger partial charge >= 0.3 is 0 Å². The fourth-order valence-corrected chi connectivity index (χ4v) is 7.79. The second-order valence-corrected chi connectivity index (χ2v) is 12.6. The molecule has 1 aromatic heterocycles. The molecule has 0 aliphatic carbocycles. The number of para-hydroxylation sites is 1. The molecular formula is C43H28N2S. The molecule has 0 saturated heterocycles. The summed E-state index contributed by atoms with van der Waals surface area (Å²) in [5, 5.41) is 8.45. The van der Waals surface area contributed by atoms with Gasteiger partial charge in [-0.3, -0.25) is 0 Å². The second kappa shape index (κ2) is 11.0. The maximum Gasteiger partial charge on any atom is 0.124 e. The van der Waals surface area contributed by atoms with Crippen molar-refractivity contribution in [1.29, 1.82) is 0 Å². The summed E-state index contributed by atoms with van der Waals surface area (Å²) in [5.41, 5.74) is 8.00. The molecule has 0 N–H and O–H groups in total. The Hall–Kier alpha value is -5.77. The van der Waals surface area contributed by atoms with Crippen LogP contribution in [0.15, 0.2) is 170 Å². The van der Waals surface area contributed by atoms with Gasteiger partial charge in [0.05, 0.1) is 10.2 Å². The van der Waals surface area contributed by atoms with E-state index in [9.17, 15) is 0 Å². The minimum absolute atomic E-state index is 1.04. The fourth-order valence-electron chi connectivity index (χ4n) is 6.65. The van der Waals surface area contributed by atoms with E-state index in [1.165, 1.54) is 48.1 Å². The summed E-state index contributed by atoms with van der Waals surface area (Å²) in [5.74, 6) is 0. The summed E-state index contributed by atoms with van der Waals surface area (Å²) in [6, 6.07) is 60.9. The highest BCUT2D eigenvalue weighted by Crippen LogP contribution is 2.44. The molecule has 9 rings (SSSR count). The first kappa shape index (κ1) is 26.6.